The van der Waals surface area contributed by atoms with Gasteiger partial charge in [0, 0.05) is 55.8 Å². The molecule has 58 heavy (non-hydrogen) atoms. The van der Waals surface area contributed by atoms with E-state index < -0.39 is 5.54 Å². The molecule has 3 aromatic heterocycles. The number of hydrogen-bond acceptors (Lipinski definition) is 4. The van der Waals surface area contributed by atoms with E-state index in [4.69, 9.17) is 15.0 Å². The van der Waals surface area contributed by atoms with E-state index >= 15 is 0 Å². The number of para-hydroxylation sites is 5. The second-order valence-corrected chi connectivity index (χ2v) is 15.4. The highest BCUT2D eigenvalue weighted by molar-refractivity contribution is 6.09. The molecule has 274 valence electrons. The van der Waals surface area contributed by atoms with Gasteiger partial charge in [0.15, 0.2) is 11.6 Å². The zero-order chi connectivity index (χ0) is 38.4. The summed E-state index contributed by atoms with van der Waals surface area (Å²) in [5, 5.41) is 3.64. The first-order valence-corrected chi connectivity index (χ1v) is 19.8. The zero-order valence-corrected chi connectivity index (χ0v) is 31.7. The third-order valence-electron chi connectivity index (χ3n) is 12.3. The second kappa shape index (κ2) is 12.5. The first-order chi connectivity index (χ1) is 28.7. The van der Waals surface area contributed by atoms with Crippen LogP contribution < -0.4 is 4.90 Å². The highest BCUT2D eigenvalue weighted by atomic mass is 15.3. The van der Waals surface area contributed by atoms with Gasteiger partial charge in [0.25, 0.3) is 0 Å². The monoisotopic (exact) mass is 744 g/mol. The van der Waals surface area contributed by atoms with Crippen LogP contribution in [0.3, 0.4) is 0 Å². The summed E-state index contributed by atoms with van der Waals surface area (Å²) in [6.07, 6.45) is 4.72. The smallest absolute Gasteiger partial charge is 0.238 e. The van der Waals surface area contributed by atoms with Gasteiger partial charge in [-0.1, -0.05) is 133 Å². The highest BCUT2D eigenvalue weighted by Crippen LogP contribution is 2.60. The minimum absolute atomic E-state index is 0.0859. The summed E-state index contributed by atoms with van der Waals surface area (Å²) in [6, 6.07) is 64.3. The summed E-state index contributed by atoms with van der Waals surface area (Å²) in [4.78, 5) is 18.5. The standard InChI is InChI=1S/C52H36N6/c1-52-43(42-23-11-15-27-47(42)58(52)37-18-6-3-7-19-37)33-32-41-40-22-10-14-26-46(40)57(48(41)52)51-54-49(34-16-4-2-5-17-34)53-50(55-51)35-28-30-36(31-29-35)56-44-24-12-8-20-38(44)39-21-9-13-25-45(39)56/h2-33,43H,1H3. The molecular weight excluding hydrogens is 709 g/mol. The highest BCUT2D eigenvalue weighted by Gasteiger charge is 2.53. The Labute approximate surface area is 335 Å². The normalized spacial score (nSPS) is 16.8. The number of benzene rings is 7. The van der Waals surface area contributed by atoms with Gasteiger partial charge in [0.2, 0.25) is 5.95 Å². The van der Waals surface area contributed by atoms with E-state index in [1.807, 2.05) is 18.2 Å². The maximum absolute atomic E-state index is 5.41. The quantitative estimate of drug-likeness (QED) is 0.176. The number of anilines is 2. The Hall–Kier alpha value is -7.57. The fourth-order valence-electron chi connectivity index (χ4n) is 9.78. The van der Waals surface area contributed by atoms with Crippen LogP contribution in [0, 0.1) is 0 Å². The molecule has 0 N–H and O–H groups in total. The molecule has 0 saturated heterocycles. The first kappa shape index (κ1) is 32.7. The van der Waals surface area contributed by atoms with E-state index in [2.05, 4.69) is 197 Å². The van der Waals surface area contributed by atoms with Crippen LogP contribution in [0.25, 0.3) is 73.2 Å². The second-order valence-electron chi connectivity index (χ2n) is 15.4. The molecule has 12 rings (SSSR count). The molecule has 0 saturated carbocycles. The zero-order valence-electron chi connectivity index (χ0n) is 31.7. The van der Waals surface area contributed by atoms with Gasteiger partial charge in [-0.15, -0.1) is 0 Å². The van der Waals surface area contributed by atoms with Crippen molar-refractivity contribution in [3.8, 4) is 34.4 Å². The van der Waals surface area contributed by atoms with Gasteiger partial charge >= 0.3 is 0 Å². The Morgan fingerprint density at radius 2 is 1.00 bits per heavy atom. The van der Waals surface area contributed by atoms with Crippen molar-refractivity contribution < 1.29 is 0 Å². The van der Waals surface area contributed by atoms with Crippen molar-refractivity contribution in [2.24, 2.45) is 0 Å². The number of nitrogens with zero attached hydrogens (tertiary/aromatic N) is 6. The van der Waals surface area contributed by atoms with E-state index in [1.54, 1.807) is 0 Å². The largest absolute Gasteiger partial charge is 0.329 e. The molecule has 2 unspecified atom stereocenters. The summed E-state index contributed by atoms with van der Waals surface area (Å²) in [6.45, 7) is 2.38. The summed E-state index contributed by atoms with van der Waals surface area (Å²) in [5.74, 6) is 1.92. The summed E-state index contributed by atoms with van der Waals surface area (Å²) in [7, 11) is 0. The SMILES string of the molecule is CC12c3c(c4ccccc4n3-c3nc(-c4ccccc4)nc(-c4ccc(-n5c6ccccc6c6ccccc65)cc4)n3)C=CC1c1ccccc1N2c1ccccc1. The van der Waals surface area contributed by atoms with Crippen molar-refractivity contribution in [2.45, 2.75) is 18.4 Å². The maximum atomic E-state index is 5.41. The average molecular weight is 745 g/mol. The number of aromatic nitrogens is 5. The first-order valence-electron chi connectivity index (χ1n) is 19.8. The van der Waals surface area contributed by atoms with Gasteiger partial charge in [-0.05, 0) is 73.2 Å². The van der Waals surface area contributed by atoms with Crippen LogP contribution in [0.5, 0.6) is 0 Å². The number of rotatable bonds is 5. The van der Waals surface area contributed by atoms with Crippen molar-refractivity contribution in [1.29, 1.82) is 0 Å². The molecule has 2 atom stereocenters. The Morgan fingerprint density at radius 1 is 0.466 bits per heavy atom. The van der Waals surface area contributed by atoms with E-state index in [9.17, 15) is 0 Å². The predicted octanol–water partition coefficient (Wildman–Crippen LogP) is 12.4. The van der Waals surface area contributed by atoms with E-state index in [-0.39, 0.29) is 5.92 Å². The topological polar surface area (TPSA) is 51.8 Å². The van der Waals surface area contributed by atoms with Crippen molar-refractivity contribution in [2.75, 3.05) is 4.90 Å². The molecule has 4 heterocycles. The maximum Gasteiger partial charge on any atom is 0.238 e. The van der Waals surface area contributed by atoms with Crippen LogP contribution in [-0.4, -0.2) is 24.1 Å². The summed E-state index contributed by atoms with van der Waals surface area (Å²) in [5.41, 5.74) is 11.8. The number of fused-ring (bicyclic) bond motifs is 10. The summed E-state index contributed by atoms with van der Waals surface area (Å²) < 4.78 is 4.65. The minimum atomic E-state index is -0.516. The lowest BCUT2D eigenvalue weighted by Gasteiger charge is -2.43. The fraction of sp³-hybridized carbons (Fsp3) is 0.0577. The van der Waals surface area contributed by atoms with E-state index in [0.29, 0.717) is 17.6 Å². The van der Waals surface area contributed by atoms with Crippen molar-refractivity contribution >= 4 is 50.2 Å². The van der Waals surface area contributed by atoms with Crippen LogP contribution in [-0.2, 0) is 5.54 Å². The van der Waals surface area contributed by atoms with Crippen LogP contribution >= 0.6 is 0 Å². The average Bonchev–Trinajstić information content (AvgIpc) is 3.91. The van der Waals surface area contributed by atoms with Gasteiger partial charge in [0.05, 0.1) is 27.8 Å². The Balaban J connectivity index is 1.09. The lowest BCUT2D eigenvalue weighted by Crippen LogP contribution is -2.43. The van der Waals surface area contributed by atoms with Gasteiger partial charge < -0.3 is 9.47 Å². The van der Waals surface area contributed by atoms with Crippen LogP contribution in [0.4, 0.5) is 11.4 Å². The molecule has 6 nitrogen and oxygen atoms in total. The third-order valence-corrected chi connectivity index (χ3v) is 12.3. The van der Waals surface area contributed by atoms with Crippen LogP contribution in [0.2, 0.25) is 0 Å². The Bertz CT molecular complexity index is 3200. The van der Waals surface area contributed by atoms with E-state index in [0.717, 1.165) is 39.1 Å². The Kier molecular flexibility index (Phi) is 7.02. The molecule has 1 aliphatic heterocycles. The molecule has 0 radical (unpaired) electrons. The van der Waals surface area contributed by atoms with Gasteiger partial charge in [-0.3, -0.25) is 4.57 Å². The molecule has 0 spiro atoms. The molecule has 0 bridgehead atoms. The predicted molar refractivity (Wildman–Crippen MR) is 236 cm³/mol. The molecule has 10 aromatic rings. The fourth-order valence-corrected chi connectivity index (χ4v) is 9.78. The summed E-state index contributed by atoms with van der Waals surface area (Å²) >= 11 is 0. The van der Waals surface area contributed by atoms with Crippen LogP contribution in [0.15, 0.2) is 188 Å². The molecule has 2 aliphatic rings. The third kappa shape index (κ3) is 4.63. The molecule has 6 heteroatoms. The molecule has 0 amide bonds. The van der Waals surface area contributed by atoms with Gasteiger partial charge in [-0.2, -0.15) is 9.97 Å². The lowest BCUT2D eigenvalue weighted by molar-refractivity contribution is 0.438. The van der Waals surface area contributed by atoms with E-state index in [1.165, 1.54) is 38.6 Å². The molecular formula is C52H36N6. The number of hydrogen-bond donors (Lipinski definition) is 0. The van der Waals surface area contributed by atoms with Gasteiger partial charge in [0.1, 0.15) is 0 Å². The van der Waals surface area contributed by atoms with Crippen LogP contribution in [0.1, 0.15) is 29.7 Å². The van der Waals surface area contributed by atoms with Gasteiger partial charge in [-0.25, -0.2) is 4.98 Å². The van der Waals surface area contributed by atoms with Crippen molar-refractivity contribution in [1.82, 2.24) is 24.1 Å². The molecule has 7 aromatic carbocycles. The van der Waals surface area contributed by atoms with Crippen molar-refractivity contribution in [3.63, 3.8) is 0 Å². The lowest BCUT2D eigenvalue weighted by atomic mass is 9.75. The Morgan fingerprint density at radius 3 is 1.67 bits per heavy atom. The minimum Gasteiger partial charge on any atom is -0.329 e. The molecule has 1 aliphatic carbocycles. The van der Waals surface area contributed by atoms with Crippen molar-refractivity contribution in [3.05, 3.63) is 205 Å². The molecule has 0 fully saturated rings.